The van der Waals surface area contributed by atoms with E-state index < -0.39 is 41.9 Å². The number of rotatable bonds is 2. The van der Waals surface area contributed by atoms with Crippen LogP contribution in [0.2, 0.25) is 0 Å². The number of hydrogen-bond acceptors (Lipinski definition) is 7. The van der Waals surface area contributed by atoms with Gasteiger partial charge in [-0.1, -0.05) is 0 Å². The number of H-pyrrole nitrogens is 1. The predicted molar refractivity (Wildman–Crippen MR) is 73.4 cm³/mol. The first-order chi connectivity index (χ1) is 10.4. The van der Waals surface area contributed by atoms with E-state index in [0.29, 0.717) is 0 Å². The molecule has 9 heteroatoms. The zero-order valence-corrected chi connectivity index (χ0v) is 11.6. The van der Waals surface area contributed by atoms with Crippen molar-refractivity contribution < 1.29 is 20.1 Å². The fraction of sp³-hybridized carbons (Fsp3) is 0.462. The van der Waals surface area contributed by atoms with Gasteiger partial charge in [0.2, 0.25) is 0 Å². The summed E-state index contributed by atoms with van der Waals surface area (Å²) in [5, 5.41) is 29.7. The molecule has 3 aliphatic heterocycles. The summed E-state index contributed by atoms with van der Waals surface area (Å²) < 4.78 is 6.77. The van der Waals surface area contributed by atoms with Crippen LogP contribution < -0.4 is 11.2 Å². The number of aliphatic hydroxyl groups is 3. The minimum absolute atomic E-state index is 0.0207. The lowest BCUT2D eigenvalue weighted by Gasteiger charge is -2.29. The summed E-state index contributed by atoms with van der Waals surface area (Å²) in [6.45, 7) is 0.856. The number of hydrogen-bond donors (Lipinski definition) is 4. The van der Waals surface area contributed by atoms with Crippen LogP contribution in [0.5, 0.6) is 0 Å². The standard InChI is InChI=1S/C13H15N3O6/c1-13(21)8(18)7(5-17)22-11(13)16-4-2-3-6-9(16)14-12(20)15-10(6)19/h2-4,7-8,11,17-18,21H,5H2,1H3,(H,15,19,20)/t7-,8-,11?,13-/m1/s1. The van der Waals surface area contributed by atoms with Gasteiger partial charge in [0.1, 0.15) is 17.8 Å². The van der Waals surface area contributed by atoms with Crippen molar-refractivity contribution in [2.45, 2.75) is 31.0 Å². The summed E-state index contributed by atoms with van der Waals surface area (Å²) in [4.78, 5) is 29.0. The highest BCUT2D eigenvalue weighted by Gasteiger charge is 2.53. The normalized spacial score (nSPS) is 31.7. The number of pyridine rings is 1. The summed E-state index contributed by atoms with van der Waals surface area (Å²) in [6.07, 6.45) is -1.97. The molecular formula is C13H15N3O6. The topological polar surface area (TPSA) is 138 Å². The van der Waals surface area contributed by atoms with Gasteiger partial charge in [0.15, 0.2) is 12.1 Å². The van der Waals surface area contributed by atoms with Crippen molar-refractivity contribution in [2.75, 3.05) is 6.61 Å². The number of nitrogens with zero attached hydrogens (tertiary/aromatic N) is 2. The fourth-order valence-corrected chi connectivity index (χ4v) is 2.68. The monoisotopic (exact) mass is 309 g/mol. The average Bonchev–Trinajstić information content (AvgIpc) is 2.69. The van der Waals surface area contributed by atoms with Crippen molar-refractivity contribution in [3.63, 3.8) is 0 Å². The zero-order chi connectivity index (χ0) is 16.1. The summed E-state index contributed by atoms with van der Waals surface area (Å²) in [7, 11) is 0. The largest absolute Gasteiger partial charge is 0.394 e. The van der Waals surface area contributed by atoms with Gasteiger partial charge in [-0.25, -0.2) is 4.79 Å². The number of ether oxygens (including phenoxy) is 1. The highest BCUT2D eigenvalue weighted by molar-refractivity contribution is 5.54. The van der Waals surface area contributed by atoms with Crippen LogP contribution in [0.15, 0.2) is 27.9 Å². The van der Waals surface area contributed by atoms with Gasteiger partial charge >= 0.3 is 5.69 Å². The molecule has 22 heavy (non-hydrogen) atoms. The van der Waals surface area contributed by atoms with Crippen molar-refractivity contribution >= 4 is 0 Å². The number of fused-ring (bicyclic) bond motifs is 1. The van der Waals surface area contributed by atoms with Gasteiger partial charge in [-0.2, -0.15) is 4.98 Å². The molecule has 0 aromatic carbocycles. The molecule has 3 heterocycles. The third-order valence-electron chi connectivity index (χ3n) is 3.85. The lowest BCUT2D eigenvalue weighted by Crippen LogP contribution is -2.44. The van der Waals surface area contributed by atoms with Crippen LogP contribution >= 0.6 is 0 Å². The summed E-state index contributed by atoms with van der Waals surface area (Å²) >= 11 is 0. The maximum Gasteiger partial charge on any atom is 0.349 e. The second-order valence-electron chi connectivity index (χ2n) is 5.40. The van der Waals surface area contributed by atoms with Crippen LogP contribution in [0.4, 0.5) is 0 Å². The van der Waals surface area contributed by atoms with Crippen LogP contribution in [-0.2, 0) is 4.74 Å². The zero-order valence-electron chi connectivity index (χ0n) is 11.6. The highest BCUT2D eigenvalue weighted by atomic mass is 16.6. The van der Waals surface area contributed by atoms with Crippen LogP contribution in [0.3, 0.4) is 0 Å². The second-order valence-corrected chi connectivity index (χ2v) is 5.40. The third kappa shape index (κ3) is 2.06. The van der Waals surface area contributed by atoms with E-state index in [1.807, 2.05) is 0 Å². The second kappa shape index (κ2) is 4.99. The molecule has 118 valence electrons. The SMILES string of the molecule is C[C@]1(O)C(n2cccc3c(=O)[nH]c(=O)nc2-3)O[C@H](CO)[C@H]1O. The Balaban J connectivity index is 2.19. The van der Waals surface area contributed by atoms with Crippen LogP contribution in [0.1, 0.15) is 13.2 Å². The molecule has 1 unspecified atom stereocenters. The van der Waals surface area contributed by atoms with Gasteiger partial charge in [-0.05, 0) is 19.1 Å². The minimum Gasteiger partial charge on any atom is -0.394 e. The van der Waals surface area contributed by atoms with Gasteiger partial charge in [-0.3, -0.25) is 9.78 Å². The van der Waals surface area contributed by atoms with Crippen molar-refractivity contribution in [1.29, 1.82) is 0 Å². The van der Waals surface area contributed by atoms with Gasteiger partial charge in [0, 0.05) is 6.20 Å². The molecule has 0 aromatic rings. The molecule has 4 atom stereocenters. The molecule has 0 aliphatic carbocycles. The molecule has 0 saturated carbocycles. The Morgan fingerprint density at radius 3 is 2.86 bits per heavy atom. The van der Waals surface area contributed by atoms with Crippen molar-refractivity contribution in [3.05, 3.63) is 39.2 Å². The van der Waals surface area contributed by atoms with E-state index >= 15 is 0 Å². The van der Waals surface area contributed by atoms with Crippen LogP contribution in [0, 0.1) is 0 Å². The Bertz CT molecular complexity index is 782. The highest BCUT2D eigenvalue weighted by Crippen LogP contribution is 2.39. The number of aromatic nitrogens is 3. The quantitative estimate of drug-likeness (QED) is 0.505. The number of aromatic amines is 1. The molecule has 0 aromatic heterocycles. The molecule has 4 N–H and O–H groups in total. The fourth-order valence-electron chi connectivity index (χ4n) is 2.68. The molecule has 0 bridgehead atoms. The Kier molecular flexibility index (Phi) is 3.37. The molecule has 9 nitrogen and oxygen atoms in total. The molecule has 1 fully saturated rings. The summed E-state index contributed by atoms with van der Waals surface area (Å²) in [5.74, 6) is 0.0207. The van der Waals surface area contributed by atoms with E-state index in [1.54, 1.807) is 0 Å². The van der Waals surface area contributed by atoms with Crippen molar-refractivity contribution in [2.24, 2.45) is 0 Å². The Labute approximate surface area is 123 Å². The molecular weight excluding hydrogens is 294 g/mol. The first-order valence-electron chi connectivity index (χ1n) is 6.64. The Morgan fingerprint density at radius 2 is 2.23 bits per heavy atom. The van der Waals surface area contributed by atoms with Crippen molar-refractivity contribution in [3.8, 4) is 11.4 Å². The smallest absolute Gasteiger partial charge is 0.349 e. The van der Waals surface area contributed by atoms with Crippen molar-refractivity contribution in [1.82, 2.24) is 14.5 Å². The summed E-state index contributed by atoms with van der Waals surface area (Å²) in [5.41, 5.74) is -3.03. The molecule has 0 radical (unpaired) electrons. The molecule has 0 amide bonds. The third-order valence-corrected chi connectivity index (χ3v) is 3.85. The first kappa shape index (κ1) is 14.9. The van der Waals surface area contributed by atoms with E-state index in [9.17, 15) is 24.9 Å². The predicted octanol–water partition coefficient (Wildman–Crippen LogP) is -1.96. The summed E-state index contributed by atoms with van der Waals surface area (Å²) in [6, 6.07) is 3.00. The molecule has 3 aliphatic rings. The Hall–Kier alpha value is -2.07. The van der Waals surface area contributed by atoms with E-state index in [-0.39, 0.29) is 11.4 Å². The van der Waals surface area contributed by atoms with Gasteiger partial charge in [0.05, 0.1) is 12.2 Å². The Morgan fingerprint density at radius 1 is 1.50 bits per heavy atom. The molecule has 1 saturated heterocycles. The van der Waals surface area contributed by atoms with E-state index in [0.717, 1.165) is 0 Å². The lowest BCUT2D eigenvalue weighted by atomic mass is 9.96. The average molecular weight is 309 g/mol. The molecule has 3 rings (SSSR count). The van der Waals surface area contributed by atoms with Crippen LogP contribution in [-0.4, -0.2) is 54.3 Å². The maximum atomic E-state index is 11.8. The van der Waals surface area contributed by atoms with E-state index in [2.05, 4.69) is 9.97 Å². The van der Waals surface area contributed by atoms with Gasteiger partial charge in [-0.15, -0.1) is 0 Å². The number of nitrogens with one attached hydrogen (secondary N) is 1. The van der Waals surface area contributed by atoms with Crippen LogP contribution in [0.25, 0.3) is 11.4 Å². The van der Waals surface area contributed by atoms with E-state index in [4.69, 9.17) is 4.74 Å². The number of aliphatic hydroxyl groups excluding tert-OH is 2. The first-order valence-corrected chi connectivity index (χ1v) is 6.64. The lowest BCUT2D eigenvalue weighted by molar-refractivity contribution is -0.0964. The molecule has 0 spiro atoms. The van der Waals surface area contributed by atoms with Gasteiger partial charge < -0.3 is 24.6 Å². The maximum absolute atomic E-state index is 11.8. The van der Waals surface area contributed by atoms with Gasteiger partial charge in [0.25, 0.3) is 5.56 Å². The van der Waals surface area contributed by atoms with E-state index in [1.165, 1.54) is 29.8 Å². The minimum atomic E-state index is -1.74.